The van der Waals surface area contributed by atoms with E-state index in [2.05, 4.69) is 4.99 Å². The molecule has 0 saturated carbocycles. The van der Waals surface area contributed by atoms with Gasteiger partial charge in [-0.15, -0.1) is 0 Å². The van der Waals surface area contributed by atoms with Crippen molar-refractivity contribution in [1.29, 1.82) is 0 Å². The maximum Gasteiger partial charge on any atom is 0.417 e. The van der Waals surface area contributed by atoms with Gasteiger partial charge in [0, 0.05) is 12.8 Å². The lowest BCUT2D eigenvalue weighted by molar-refractivity contribution is -0.0857. The van der Waals surface area contributed by atoms with Crippen LogP contribution in [0.1, 0.15) is 13.8 Å². The van der Waals surface area contributed by atoms with Crippen molar-refractivity contribution < 1.29 is 13.2 Å². The Bertz CT molecular complexity index is 167. The zero-order chi connectivity index (χ0) is 8.91. The molecule has 11 heavy (non-hydrogen) atoms. The fourth-order valence-corrected chi connectivity index (χ4v) is 0.501. The highest BCUT2D eigenvalue weighted by atomic mass is 19.4. The summed E-state index contributed by atoms with van der Waals surface area (Å²) in [5.74, 6) is 0. The Morgan fingerprint density at radius 1 is 1.45 bits per heavy atom. The zero-order valence-electron chi connectivity index (χ0n) is 6.44. The number of aliphatic imine (C=N–C) groups is 1. The molecule has 0 rings (SSSR count). The van der Waals surface area contributed by atoms with Crippen LogP contribution in [0.3, 0.4) is 0 Å². The number of alkyl halides is 3. The normalized spacial score (nSPS) is 14.5. The summed E-state index contributed by atoms with van der Waals surface area (Å²) in [5, 5.41) is 0. The predicted molar refractivity (Wildman–Crippen MR) is 38.8 cm³/mol. The first kappa shape index (κ1) is 10.2. The minimum absolute atomic E-state index is 0.368. The van der Waals surface area contributed by atoms with Crippen molar-refractivity contribution in [1.82, 2.24) is 0 Å². The summed E-state index contributed by atoms with van der Waals surface area (Å²) in [6.45, 7) is 3.39. The standard InChI is InChI=1S/C7H10F3N/c1-3-6(5-11-4-2)7(8,9)10/h3,5H,4H2,1-2H3/b6-3+,11-5-. The quantitative estimate of drug-likeness (QED) is 0.557. The third kappa shape index (κ3) is 3.80. The van der Waals surface area contributed by atoms with Gasteiger partial charge in [0.2, 0.25) is 0 Å². The van der Waals surface area contributed by atoms with Gasteiger partial charge in [-0.1, -0.05) is 6.08 Å². The maximum absolute atomic E-state index is 11.9. The lowest BCUT2D eigenvalue weighted by Gasteiger charge is -2.04. The monoisotopic (exact) mass is 165 g/mol. The molecule has 0 amide bonds. The minimum Gasteiger partial charge on any atom is -0.293 e. The summed E-state index contributed by atoms with van der Waals surface area (Å²) in [6.07, 6.45) is -2.42. The van der Waals surface area contributed by atoms with Crippen LogP contribution >= 0.6 is 0 Å². The Hall–Kier alpha value is -0.800. The van der Waals surface area contributed by atoms with E-state index in [1.54, 1.807) is 6.92 Å². The molecule has 0 unspecified atom stereocenters. The summed E-state index contributed by atoms with van der Waals surface area (Å²) in [4.78, 5) is 3.50. The van der Waals surface area contributed by atoms with Gasteiger partial charge < -0.3 is 0 Å². The van der Waals surface area contributed by atoms with Crippen LogP contribution in [-0.2, 0) is 0 Å². The van der Waals surface area contributed by atoms with Crippen molar-refractivity contribution in [2.45, 2.75) is 20.0 Å². The molecule has 1 nitrogen and oxygen atoms in total. The molecule has 0 aliphatic heterocycles. The average molecular weight is 165 g/mol. The third-order valence-corrected chi connectivity index (χ3v) is 1.05. The molecule has 0 fully saturated rings. The van der Waals surface area contributed by atoms with Gasteiger partial charge in [0.05, 0.1) is 5.57 Å². The molecule has 0 aliphatic carbocycles. The topological polar surface area (TPSA) is 12.4 Å². The van der Waals surface area contributed by atoms with Gasteiger partial charge >= 0.3 is 6.18 Å². The van der Waals surface area contributed by atoms with Crippen LogP contribution in [0.25, 0.3) is 0 Å². The highest BCUT2D eigenvalue weighted by Crippen LogP contribution is 2.23. The van der Waals surface area contributed by atoms with Crippen molar-refractivity contribution in [2.24, 2.45) is 4.99 Å². The Balaban J connectivity index is 4.33. The lowest BCUT2D eigenvalue weighted by atomic mass is 10.3. The summed E-state index contributed by atoms with van der Waals surface area (Å²) in [5.41, 5.74) is -0.695. The van der Waals surface area contributed by atoms with Crippen LogP contribution in [-0.4, -0.2) is 18.9 Å². The predicted octanol–water partition coefficient (Wildman–Crippen LogP) is 2.59. The van der Waals surface area contributed by atoms with E-state index in [0.29, 0.717) is 6.54 Å². The van der Waals surface area contributed by atoms with Gasteiger partial charge in [-0.2, -0.15) is 13.2 Å². The lowest BCUT2D eigenvalue weighted by Crippen LogP contribution is -2.12. The second-order valence-corrected chi connectivity index (χ2v) is 1.87. The molecule has 0 bridgehead atoms. The molecule has 0 saturated heterocycles. The van der Waals surface area contributed by atoms with Crippen LogP contribution in [0, 0.1) is 0 Å². The number of hydrogen-bond donors (Lipinski definition) is 0. The fourth-order valence-electron chi connectivity index (χ4n) is 0.501. The Kier molecular flexibility index (Phi) is 3.85. The first-order chi connectivity index (χ1) is 5.02. The average Bonchev–Trinajstić information content (AvgIpc) is 1.87. The van der Waals surface area contributed by atoms with Gasteiger partial charge in [-0.25, -0.2) is 0 Å². The molecule has 0 aliphatic rings. The zero-order valence-corrected chi connectivity index (χ0v) is 6.44. The van der Waals surface area contributed by atoms with E-state index in [1.807, 2.05) is 0 Å². The summed E-state index contributed by atoms with van der Waals surface area (Å²) < 4.78 is 35.7. The molecule has 0 aromatic rings. The maximum atomic E-state index is 11.9. The smallest absolute Gasteiger partial charge is 0.293 e. The molecule has 0 N–H and O–H groups in total. The molecule has 0 spiro atoms. The molecular formula is C7H10F3N. The molecule has 0 atom stereocenters. The van der Waals surface area contributed by atoms with E-state index in [9.17, 15) is 13.2 Å². The van der Waals surface area contributed by atoms with Gasteiger partial charge in [0.15, 0.2) is 0 Å². The first-order valence-corrected chi connectivity index (χ1v) is 3.25. The van der Waals surface area contributed by atoms with Gasteiger partial charge in [0.1, 0.15) is 0 Å². The van der Waals surface area contributed by atoms with Crippen molar-refractivity contribution in [3.05, 3.63) is 11.6 Å². The van der Waals surface area contributed by atoms with E-state index in [-0.39, 0.29) is 0 Å². The minimum atomic E-state index is -4.27. The fraction of sp³-hybridized carbons (Fsp3) is 0.571. The number of rotatable bonds is 2. The highest BCUT2D eigenvalue weighted by Gasteiger charge is 2.31. The van der Waals surface area contributed by atoms with Crippen LogP contribution in [0.2, 0.25) is 0 Å². The number of nitrogens with zero attached hydrogens (tertiary/aromatic N) is 1. The van der Waals surface area contributed by atoms with Gasteiger partial charge in [-0.05, 0) is 13.8 Å². The summed E-state index contributed by atoms with van der Waals surface area (Å²) in [7, 11) is 0. The molecule has 64 valence electrons. The van der Waals surface area contributed by atoms with E-state index < -0.39 is 11.7 Å². The van der Waals surface area contributed by atoms with Crippen LogP contribution in [0.5, 0.6) is 0 Å². The summed E-state index contributed by atoms with van der Waals surface area (Å²) >= 11 is 0. The van der Waals surface area contributed by atoms with Gasteiger partial charge in [0.25, 0.3) is 0 Å². The van der Waals surface area contributed by atoms with E-state index in [0.717, 1.165) is 12.3 Å². The number of halogens is 3. The molecule has 0 heterocycles. The number of hydrogen-bond acceptors (Lipinski definition) is 1. The second kappa shape index (κ2) is 4.16. The van der Waals surface area contributed by atoms with Crippen molar-refractivity contribution >= 4 is 6.21 Å². The second-order valence-electron chi connectivity index (χ2n) is 1.87. The van der Waals surface area contributed by atoms with Crippen molar-refractivity contribution in [3.8, 4) is 0 Å². The largest absolute Gasteiger partial charge is 0.417 e. The Morgan fingerprint density at radius 2 is 2.00 bits per heavy atom. The van der Waals surface area contributed by atoms with Crippen molar-refractivity contribution in [2.75, 3.05) is 6.54 Å². The van der Waals surface area contributed by atoms with Crippen LogP contribution in [0.4, 0.5) is 13.2 Å². The highest BCUT2D eigenvalue weighted by molar-refractivity contribution is 5.80. The Labute approximate surface area is 63.6 Å². The van der Waals surface area contributed by atoms with E-state index in [4.69, 9.17) is 0 Å². The molecule has 0 radical (unpaired) electrons. The van der Waals surface area contributed by atoms with Crippen LogP contribution in [0.15, 0.2) is 16.6 Å². The van der Waals surface area contributed by atoms with Crippen LogP contribution < -0.4 is 0 Å². The van der Waals surface area contributed by atoms with E-state index in [1.165, 1.54) is 6.92 Å². The van der Waals surface area contributed by atoms with E-state index >= 15 is 0 Å². The molecular weight excluding hydrogens is 155 g/mol. The third-order valence-electron chi connectivity index (χ3n) is 1.05. The molecule has 4 heteroatoms. The Morgan fingerprint density at radius 3 is 2.27 bits per heavy atom. The SMILES string of the molecule is C/C=C(\C=N/CC)C(F)(F)F. The van der Waals surface area contributed by atoms with Crippen molar-refractivity contribution in [3.63, 3.8) is 0 Å². The molecule has 0 aromatic carbocycles. The number of allylic oxidation sites excluding steroid dienone is 2. The summed E-state index contributed by atoms with van der Waals surface area (Å²) in [6, 6.07) is 0. The first-order valence-electron chi connectivity index (χ1n) is 3.25. The van der Waals surface area contributed by atoms with Gasteiger partial charge in [-0.3, -0.25) is 4.99 Å². The molecule has 0 aromatic heterocycles.